The number of nitrogens with zero attached hydrogens (tertiary/aromatic N) is 2. The van der Waals surface area contributed by atoms with Crippen molar-refractivity contribution in [2.45, 2.75) is 6.10 Å². The summed E-state index contributed by atoms with van der Waals surface area (Å²) in [4.78, 5) is 22.9. The standard InChI is InChI=1S/C19H21N3O8S/c1-28-16-8-7-13(22(24)25)9-15(16)21(31(2,26)27)11-19(23)20-10-14-12-29-17-5-3-4-6-18(17)30-14/h3-9,14H,10-12H2,1-2H3,(H,20,23)/t14-/m1/s1. The third kappa shape index (κ3) is 5.34. The first-order chi connectivity index (χ1) is 14.7. The van der Waals surface area contributed by atoms with Gasteiger partial charge in [-0.05, 0) is 18.2 Å². The van der Waals surface area contributed by atoms with Crippen molar-refractivity contribution in [2.75, 3.05) is 37.4 Å². The number of benzene rings is 2. The Morgan fingerprint density at radius 2 is 2.00 bits per heavy atom. The SMILES string of the molecule is COc1ccc([N+](=O)[O-])cc1N(CC(=O)NC[C@@H]1COc2ccccc2O1)S(C)(=O)=O. The first kappa shape index (κ1) is 22.2. The second-order valence-corrected chi connectivity index (χ2v) is 8.59. The molecule has 0 aromatic heterocycles. The molecule has 166 valence electrons. The number of fused-ring (bicyclic) bond motifs is 1. The number of carbonyl (C=O) groups excluding carboxylic acids is 1. The average molecular weight is 451 g/mol. The van der Waals surface area contributed by atoms with Gasteiger partial charge < -0.3 is 19.5 Å². The van der Waals surface area contributed by atoms with Gasteiger partial charge in [0.25, 0.3) is 5.69 Å². The lowest BCUT2D eigenvalue weighted by Crippen LogP contribution is -2.45. The number of para-hydroxylation sites is 2. The Kier molecular flexibility index (Phi) is 6.49. The number of sulfonamides is 1. The van der Waals surface area contributed by atoms with E-state index in [9.17, 15) is 23.3 Å². The van der Waals surface area contributed by atoms with E-state index in [4.69, 9.17) is 14.2 Å². The molecule has 1 N–H and O–H groups in total. The molecule has 1 aliphatic heterocycles. The Morgan fingerprint density at radius 3 is 2.65 bits per heavy atom. The molecular weight excluding hydrogens is 430 g/mol. The summed E-state index contributed by atoms with van der Waals surface area (Å²) in [5, 5.41) is 13.7. The molecular formula is C19H21N3O8S. The zero-order chi connectivity index (χ0) is 22.6. The number of hydrogen-bond acceptors (Lipinski definition) is 8. The largest absolute Gasteiger partial charge is 0.495 e. The molecule has 1 atom stereocenters. The predicted molar refractivity (Wildman–Crippen MR) is 111 cm³/mol. The van der Waals surface area contributed by atoms with Gasteiger partial charge in [-0.25, -0.2) is 8.42 Å². The molecule has 0 unspecified atom stereocenters. The van der Waals surface area contributed by atoms with Crippen LogP contribution in [0.25, 0.3) is 0 Å². The van der Waals surface area contributed by atoms with E-state index in [1.807, 2.05) is 6.07 Å². The molecule has 0 saturated heterocycles. The van der Waals surface area contributed by atoms with Crippen LogP contribution in [0.2, 0.25) is 0 Å². The van der Waals surface area contributed by atoms with Crippen LogP contribution in [0.4, 0.5) is 11.4 Å². The Balaban J connectivity index is 1.72. The van der Waals surface area contributed by atoms with Gasteiger partial charge in [-0.1, -0.05) is 12.1 Å². The molecule has 2 aromatic carbocycles. The Labute approximate surface area is 178 Å². The van der Waals surface area contributed by atoms with Crippen molar-refractivity contribution in [3.63, 3.8) is 0 Å². The van der Waals surface area contributed by atoms with Crippen LogP contribution in [0.5, 0.6) is 17.2 Å². The van der Waals surface area contributed by atoms with Crippen molar-refractivity contribution >= 4 is 27.3 Å². The van der Waals surface area contributed by atoms with Crippen molar-refractivity contribution in [1.82, 2.24) is 5.32 Å². The summed E-state index contributed by atoms with van der Waals surface area (Å²) in [6.07, 6.45) is 0.436. The fourth-order valence-electron chi connectivity index (χ4n) is 2.95. The number of hydrogen-bond donors (Lipinski definition) is 1. The average Bonchev–Trinajstić information content (AvgIpc) is 2.74. The fraction of sp³-hybridized carbons (Fsp3) is 0.316. The minimum absolute atomic E-state index is 0.0736. The quantitative estimate of drug-likeness (QED) is 0.469. The van der Waals surface area contributed by atoms with E-state index >= 15 is 0 Å². The summed E-state index contributed by atoms with van der Waals surface area (Å²) in [5.41, 5.74) is -0.447. The zero-order valence-corrected chi connectivity index (χ0v) is 17.6. The van der Waals surface area contributed by atoms with Gasteiger partial charge in [0.15, 0.2) is 11.5 Å². The summed E-state index contributed by atoms with van der Waals surface area (Å²) in [7, 11) is -2.66. The summed E-state index contributed by atoms with van der Waals surface area (Å²) >= 11 is 0. The molecule has 0 fully saturated rings. The number of non-ortho nitro benzene ring substituents is 1. The number of nitro benzene ring substituents is 1. The molecule has 1 amide bonds. The Morgan fingerprint density at radius 1 is 1.29 bits per heavy atom. The van der Waals surface area contributed by atoms with E-state index in [1.54, 1.807) is 18.2 Å². The minimum Gasteiger partial charge on any atom is -0.495 e. The fourth-order valence-corrected chi connectivity index (χ4v) is 3.80. The number of methoxy groups -OCH3 is 1. The first-order valence-corrected chi connectivity index (χ1v) is 11.0. The van der Waals surface area contributed by atoms with Gasteiger partial charge in [0, 0.05) is 12.1 Å². The molecule has 11 nitrogen and oxygen atoms in total. The van der Waals surface area contributed by atoms with Gasteiger partial charge in [0.1, 0.15) is 30.7 Å². The summed E-state index contributed by atoms with van der Waals surface area (Å²) in [6.45, 7) is -0.302. The number of nitro groups is 1. The predicted octanol–water partition coefficient (Wildman–Crippen LogP) is 1.33. The second-order valence-electron chi connectivity index (χ2n) is 6.68. The normalized spacial score (nSPS) is 15.1. The highest BCUT2D eigenvalue weighted by Gasteiger charge is 2.27. The van der Waals surface area contributed by atoms with Crippen molar-refractivity contribution in [3.05, 3.63) is 52.6 Å². The van der Waals surface area contributed by atoms with E-state index in [0.29, 0.717) is 11.5 Å². The maximum Gasteiger partial charge on any atom is 0.271 e. The maximum absolute atomic E-state index is 12.5. The van der Waals surface area contributed by atoms with Gasteiger partial charge in [0.05, 0.1) is 24.8 Å². The molecule has 1 aliphatic rings. The summed E-state index contributed by atoms with van der Waals surface area (Å²) < 4.78 is 41.9. The minimum atomic E-state index is -3.96. The van der Waals surface area contributed by atoms with Gasteiger partial charge in [-0.3, -0.25) is 19.2 Å². The van der Waals surface area contributed by atoms with Gasteiger partial charge in [-0.2, -0.15) is 0 Å². The smallest absolute Gasteiger partial charge is 0.271 e. The van der Waals surface area contributed by atoms with Crippen LogP contribution in [0.1, 0.15) is 0 Å². The molecule has 1 heterocycles. The lowest BCUT2D eigenvalue weighted by Gasteiger charge is -2.27. The van der Waals surface area contributed by atoms with E-state index in [0.717, 1.165) is 16.6 Å². The first-order valence-electron chi connectivity index (χ1n) is 9.14. The van der Waals surface area contributed by atoms with Gasteiger partial charge in [-0.15, -0.1) is 0 Å². The lowest BCUT2D eigenvalue weighted by molar-refractivity contribution is -0.384. The highest BCUT2D eigenvalue weighted by Crippen LogP contribution is 2.34. The third-order valence-corrected chi connectivity index (χ3v) is 5.55. The Hall–Kier alpha value is -3.54. The topological polar surface area (TPSA) is 137 Å². The highest BCUT2D eigenvalue weighted by molar-refractivity contribution is 7.92. The highest BCUT2D eigenvalue weighted by atomic mass is 32.2. The van der Waals surface area contributed by atoms with E-state index in [2.05, 4.69) is 5.32 Å². The summed E-state index contributed by atoms with van der Waals surface area (Å²) in [5.74, 6) is 0.601. The van der Waals surface area contributed by atoms with Crippen molar-refractivity contribution < 1.29 is 32.3 Å². The number of carbonyl (C=O) groups is 1. The van der Waals surface area contributed by atoms with Crippen LogP contribution in [0.15, 0.2) is 42.5 Å². The Bertz CT molecular complexity index is 1090. The number of anilines is 1. The maximum atomic E-state index is 12.5. The van der Waals surface area contributed by atoms with Crippen LogP contribution in [-0.2, 0) is 14.8 Å². The monoisotopic (exact) mass is 451 g/mol. The molecule has 31 heavy (non-hydrogen) atoms. The molecule has 0 radical (unpaired) electrons. The third-order valence-electron chi connectivity index (χ3n) is 4.42. The van der Waals surface area contributed by atoms with Gasteiger partial charge >= 0.3 is 0 Å². The number of rotatable bonds is 8. The molecule has 2 aromatic rings. The van der Waals surface area contributed by atoms with Crippen LogP contribution >= 0.6 is 0 Å². The van der Waals surface area contributed by atoms with E-state index in [-0.39, 0.29) is 30.3 Å². The number of amides is 1. The number of nitrogens with one attached hydrogen (secondary N) is 1. The van der Waals surface area contributed by atoms with E-state index in [1.165, 1.54) is 19.2 Å². The second kappa shape index (κ2) is 9.08. The van der Waals surface area contributed by atoms with Crippen LogP contribution in [0.3, 0.4) is 0 Å². The molecule has 0 aliphatic carbocycles. The van der Waals surface area contributed by atoms with Crippen molar-refractivity contribution in [3.8, 4) is 17.2 Å². The van der Waals surface area contributed by atoms with Gasteiger partial charge in [0.2, 0.25) is 15.9 Å². The lowest BCUT2D eigenvalue weighted by atomic mass is 10.2. The zero-order valence-electron chi connectivity index (χ0n) is 16.8. The van der Waals surface area contributed by atoms with Crippen molar-refractivity contribution in [2.24, 2.45) is 0 Å². The summed E-state index contributed by atoms with van der Waals surface area (Å²) in [6, 6.07) is 10.6. The molecule has 0 saturated carbocycles. The van der Waals surface area contributed by atoms with Crippen LogP contribution < -0.4 is 23.8 Å². The molecule has 3 rings (SSSR count). The molecule has 0 spiro atoms. The molecule has 0 bridgehead atoms. The van der Waals surface area contributed by atoms with E-state index < -0.39 is 33.5 Å². The van der Waals surface area contributed by atoms with Crippen molar-refractivity contribution in [1.29, 1.82) is 0 Å². The van der Waals surface area contributed by atoms with Crippen LogP contribution in [0, 0.1) is 10.1 Å². The number of ether oxygens (including phenoxy) is 3. The van der Waals surface area contributed by atoms with Crippen LogP contribution in [-0.4, -0.2) is 58.4 Å². The molecule has 12 heteroatoms.